The standard InChI is InChI=1S/C15H26N2O2S/c1-6-15(4,5)11-16-13-9-7-8-10-14(13)20(18,19)17-12(2)3/h7-10,12,16-17H,6,11H2,1-5H3. The van der Waals surface area contributed by atoms with Crippen LogP contribution >= 0.6 is 0 Å². The third kappa shape index (κ3) is 4.80. The summed E-state index contributed by atoms with van der Waals surface area (Å²) in [6, 6.07) is 6.90. The quantitative estimate of drug-likeness (QED) is 0.812. The second kappa shape index (κ2) is 6.59. The number of rotatable bonds is 7. The van der Waals surface area contributed by atoms with Crippen molar-refractivity contribution < 1.29 is 8.42 Å². The molecule has 0 aliphatic rings. The zero-order valence-electron chi connectivity index (χ0n) is 13.0. The number of anilines is 1. The van der Waals surface area contributed by atoms with E-state index >= 15 is 0 Å². The number of sulfonamides is 1. The summed E-state index contributed by atoms with van der Waals surface area (Å²) in [5.74, 6) is 0. The second-order valence-corrected chi connectivity index (χ2v) is 7.83. The molecule has 0 radical (unpaired) electrons. The Morgan fingerprint density at radius 3 is 2.35 bits per heavy atom. The predicted octanol–water partition coefficient (Wildman–Crippen LogP) is 3.22. The van der Waals surface area contributed by atoms with E-state index in [1.807, 2.05) is 19.9 Å². The van der Waals surface area contributed by atoms with Gasteiger partial charge in [-0.25, -0.2) is 13.1 Å². The molecular formula is C15H26N2O2S. The van der Waals surface area contributed by atoms with E-state index in [9.17, 15) is 8.42 Å². The number of nitrogens with one attached hydrogen (secondary N) is 2. The van der Waals surface area contributed by atoms with Crippen molar-refractivity contribution in [2.24, 2.45) is 5.41 Å². The summed E-state index contributed by atoms with van der Waals surface area (Å²) in [7, 11) is -3.48. The average molecular weight is 298 g/mol. The minimum Gasteiger partial charge on any atom is -0.383 e. The fourth-order valence-electron chi connectivity index (χ4n) is 1.68. The summed E-state index contributed by atoms with van der Waals surface area (Å²) in [5, 5.41) is 3.26. The first-order valence-electron chi connectivity index (χ1n) is 7.03. The van der Waals surface area contributed by atoms with Gasteiger partial charge in [0.05, 0.1) is 5.69 Å². The van der Waals surface area contributed by atoms with Crippen LogP contribution in [0.5, 0.6) is 0 Å². The highest BCUT2D eigenvalue weighted by atomic mass is 32.2. The molecule has 1 aromatic rings. The molecule has 2 N–H and O–H groups in total. The van der Waals surface area contributed by atoms with Crippen molar-refractivity contribution in [1.82, 2.24) is 4.72 Å². The molecule has 0 amide bonds. The van der Waals surface area contributed by atoms with Crippen LogP contribution < -0.4 is 10.0 Å². The lowest BCUT2D eigenvalue weighted by atomic mass is 9.90. The van der Waals surface area contributed by atoms with Gasteiger partial charge in [0, 0.05) is 12.6 Å². The molecule has 0 aliphatic carbocycles. The Bertz CT molecular complexity index is 537. The topological polar surface area (TPSA) is 58.2 Å². The number of hydrogen-bond donors (Lipinski definition) is 2. The first-order chi connectivity index (χ1) is 9.18. The first kappa shape index (κ1) is 17.0. The van der Waals surface area contributed by atoms with Crippen LogP contribution in [-0.2, 0) is 10.0 Å². The number of para-hydroxylation sites is 1. The van der Waals surface area contributed by atoms with Crippen molar-refractivity contribution in [1.29, 1.82) is 0 Å². The lowest BCUT2D eigenvalue weighted by Crippen LogP contribution is -2.31. The Morgan fingerprint density at radius 2 is 1.80 bits per heavy atom. The van der Waals surface area contributed by atoms with Crippen LogP contribution in [0.3, 0.4) is 0 Å². The highest BCUT2D eigenvalue weighted by Gasteiger charge is 2.21. The van der Waals surface area contributed by atoms with Crippen LogP contribution in [-0.4, -0.2) is 21.0 Å². The van der Waals surface area contributed by atoms with Crippen molar-refractivity contribution in [2.75, 3.05) is 11.9 Å². The van der Waals surface area contributed by atoms with Crippen LogP contribution in [0, 0.1) is 5.41 Å². The summed E-state index contributed by atoms with van der Waals surface area (Å²) >= 11 is 0. The Kier molecular flexibility index (Phi) is 5.59. The van der Waals surface area contributed by atoms with Gasteiger partial charge in [-0.3, -0.25) is 0 Å². The average Bonchev–Trinajstić information content (AvgIpc) is 2.35. The van der Waals surface area contributed by atoms with Crippen LogP contribution in [0.15, 0.2) is 29.2 Å². The van der Waals surface area contributed by atoms with E-state index in [4.69, 9.17) is 0 Å². The molecule has 0 atom stereocenters. The SMILES string of the molecule is CCC(C)(C)CNc1ccccc1S(=O)(=O)NC(C)C. The maximum atomic E-state index is 12.3. The molecule has 0 aromatic heterocycles. The molecule has 0 heterocycles. The summed E-state index contributed by atoms with van der Waals surface area (Å²) in [6.45, 7) is 10.8. The molecule has 1 aromatic carbocycles. The molecule has 0 spiro atoms. The highest BCUT2D eigenvalue weighted by molar-refractivity contribution is 7.89. The van der Waals surface area contributed by atoms with Gasteiger partial charge >= 0.3 is 0 Å². The Labute approximate surface area is 123 Å². The van der Waals surface area contributed by atoms with Crippen LogP contribution in [0.25, 0.3) is 0 Å². The Morgan fingerprint density at radius 1 is 1.20 bits per heavy atom. The largest absolute Gasteiger partial charge is 0.383 e. The Balaban J connectivity index is 3.00. The molecule has 0 saturated heterocycles. The van der Waals surface area contributed by atoms with E-state index in [1.54, 1.807) is 18.2 Å². The van der Waals surface area contributed by atoms with Gasteiger partial charge in [0.2, 0.25) is 10.0 Å². The minimum atomic E-state index is -3.48. The van der Waals surface area contributed by atoms with Gasteiger partial charge in [0.1, 0.15) is 4.90 Å². The van der Waals surface area contributed by atoms with Gasteiger partial charge in [-0.05, 0) is 37.8 Å². The third-order valence-corrected chi connectivity index (χ3v) is 5.00. The summed E-state index contributed by atoms with van der Waals surface area (Å²) in [4.78, 5) is 0.306. The maximum Gasteiger partial charge on any atom is 0.242 e. The molecule has 0 unspecified atom stereocenters. The smallest absolute Gasteiger partial charge is 0.242 e. The molecule has 4 nitrogen and oxygen atoms in total. The molecule has 0 saturated carbocycles. The summed E-state index contributed by atoms with van der Waals surface area (Å²) in [5.41, 5.74) is 0.782. The van der Waals surface area contributed by atoms with Gasteiger partial charge in [-0.15, -0.1) is 0 Å². The fourth-order valence-corrected chi connectivity index (χ4v) is 3.12. The fraction of sp³-hybridized carbons (Fsp3) is 0.600. The molecule has 1 rings (SSSR count). The number of hydrogen-bond acceptors (Lipinski definition) is 3. The van der Waals surface area contributed by atoms with E-state index in [-0.39, 0.29) is 11.5 Å². The number of benzene rings is 1. The van der Waals surface area contributed by atoms with Crippen LogP contribution in [0.4, 0.5) is 5.69 Å². The van der Waals surface area contributed by atoms with Gasteiger partial charge in [0.15, 0.2) is 0 Å². The lowest BCUT2D eigenvalue weighted by molar-refractivity contribution is 0.376. The van der Waals surface area contributed by atoms with E-state index in [1.165, 1.54) is 0 Å². The molecule has 0 bridgehead atoms. The molecular weight excluding hydrogens is 272 g/mol. The summed E-state index contributed by atoms with van der Waals surface area (Å²) < 4.78 is 27.2. The van der Waals surface area contributed by atoms with Crippen molar-refractivity contribution in [2.45, 2.75) is 52.0 Å². The van der Waals surface area contributed by atoms with Gasteiger partial charge < -0.3 is 5.32 Å². The van der Waals surface area contributed by atoms with E-state index < -0.39 is 10.0 Å². The lowest BCUT2D eigenvalue weighted by Gasteiger charge is -2.24. The maximum absolute atomic E-state index is 12.3. The first-order valence-corrected chi connectivity index (χ1v) is 8.51. The highest BCUT2D eigenvalue weighted by Crippen LogP contribution is 2.25. The van der Waals surface area contributed by atoms with E-state index in [0.29, 0.717) is 10.6 Å². The molecule has 0 fully saturated rings. The monoisotopic (exact) mass is 298 g/mol. The molecule has 5 heteroatoms. The zero-order chi connectivity index (χ0) is 15.4. The normalized spacial score (nSPS) is 12.7. The van der Waals surface area contributed by atoms with Gasteiger partial charge in [-0.1, -0.05) is 32.9 Å². The van der Waals surface area contributed by atoms with Crippen molar-refractivity contribution >= 4 is 15.7 Å². The Hall–Kier alpha value is -1.07. The van der Waals surface area contributed by atoms with E-state index in [2.05, 4.69) is 30.8 Å². The van der Waals surface area contributed by atoms with Crippen molar-refractivity contribution in [3.8, 4) is 0 Å². The predicted molar refractivity (Wildman–Crippen MR) is 84.5 cm³/mol. The summed E-state index contributed by atoms with van der Waals surface area (Å²) in [6.07, 6.45) is 1.03. The van der Waals surface area contributed by atoms with Crippen molar-refractivity contribution in [3.05, 3.63) is 24.3 Å². The second-order valence-electron chi connectivity index (χ2n) is 6.14. The molecule has 0 aliphatic heterocycles. The third-order valence-electron chi connectivity index (χ3n) is 3.28. The van der Waals surface area contributed by atoms with Crippen LogP contribution in [0.2, 0.25) is 0 Å². The van der Waals surface area contributed by atoms with Gasteiger partial charge in [-0.2, -0.15) is 0 Å². The van der Waals surface area contributed by atoms with Gasteiger partial charge in [0.25, 0.3) is 0 Å². The van der Waals surface area contributed by atoms with Crippen LogP contribution in [0.1, 0.15) is 41.0 Å². The van der Waals surface area contributed by atoms with E-state index in [0.717, 1.165) is 13.0 Å². The minimum absolute atomic E-state index is 0.125. The molecule has 20 heavy (non-hydrogen) atoms. The van der Waals surface area contributed by atoms with Crippen molar-refractivity contribution in [3.63, 3.8) is 0 Å². The molecule has 114 valence electrons. The zero-order valence-corrected chi connectivity index (χ0v) is 13.8.